The van der Waals surface area contributed by atoms with E-state index in [9.17, 15) is 0 Å². The van der Waals surface area contributed by atoms with E-state index in [1.807, 2.05) is 52.8 Å². The average Bonchev–Trinajstić information content (AvgIpc) is 3.39. The summed E-state index contributed by atoms with van der Waals surface area (Å²) in [6, 6.07) is 12.4. The summed E-state index contributed by atoms with van der Waals surface area (Å²) in [6.07, 6.45) is 8.47. The molecule has 1 atom stereocenters. The number of rotatable bonds is 6. The normalized spacial score (nSPS) is 16.2. The van der Waals surface area contributed by atoms with Crippen LogP contribution < -0.4 is 10.1 Å². The number of likely N-dealkylation sites (tertiary alicyclic amines) is 1. The summed E-state index contributed by atoms with van der Waals surface area (Å²) in [6.45, 7) is 1.81. The molecule has 1 saturated heterocycles. The van der Waals surface area contributed by atoms with Gasteiger partial charge in [-0.3, -0.25) is 14.6 Å². The summed E-state index contributed by atoms with van der Waals surface area (Å²) >= 11 is 0. The molecule has 0 amide bonds. The number of nitrogens with one attached hydrogen (secondary N) is 1. The van der Waals surface area contributed by atoms with Crippen LogP contribution in [0.5, 0.6) is 5.75 Å². The number of hydrogen-bond donors (Lipinski definition) is 1. The highest BCUT2D eigenvalue weighted by Gasteiger charge is 2.25. The van der Waals surface area contributed by atoms with Gasteiger partial charge in [-0.2, -0.15) is 10.2 Å². The number of hydrogen-bond acceptors (Lipinski definition) is 7. The lowest BCUT2D eigenvalue weighted by atomic mass is 10.1. The number of likely N-dealkylation sites (N-methyl/N-ethyl adjacent to an activating group) is 1. The van der Waals surface area contributed by atoms with Gasteiger partial charge < -0.3 is 10.1 Å². The second kappa shape index (κ2) is 7.86. The van der Waals surface area contributed by atoms with Crippen molar-refractivity contribution in [1.82, 2.24) is 34.3 Å². The van der Waals surface area contributed by atoms with Crippen LogP contribution in [0, 0.1) is 0 Å². The Morgan fingerprint density at radius 3 is 2.88 bits per heavy atom. The Kier molecular flexibility index (Phi) is 4.69. The molecule has 0 aromatic carbocycles. The lowest BCUT2D eigenvalue weighted by molar-refractivity contribution is 0.0771. The number of anilines is 2. The topological polar surface area (TPSA) is 85.4 Å². The molecule has 0 radical (unpaired) electrons. The largest absolute Gasteiger partial charge is 0.488 e. The van der Waals surface area contributed by atoms with Crippen LogP contribution in [-0.2, 0) is 7.05 Å². The first kappa shape index (κ1) is 19.7. The van der Waals surface area contributed by atoms with Gasteiger partial charge in [-0.15, -0.1) is 0 Å². The molecule has 0 aliphatic carbocycles. The van der Waals surface area contributed by atoms with Crippen molar-refractivity contribution in [2.24, 2.45) is 7.05 Å². The molecule has 0 saturated carbocycles. The first-order valence-electron chi connectivity index (χ1n) is 11.0. The van der Waals surface area contributed by atoms with Crippen molar-refractivity contribution in [1.29, 1.82) is 0 Å². The zero-order valence-corrected chi connectivity index (χ0v) is 18.5. The molecule has 0 unspecified atom stereocenters. The van der Waals surface area contributed by atoms with Gasteiger partial charge in [-0.05, 0) is 50.3 Å². The van der Waals surface area contributed by atoms with Crippen molar-refractivity contribution in [2.75, 3.05) is 25.5 Å². The maximum absolute atomic E-state index is 6.15. The maximum atomic E-state index is 6.15. The van der Waals surface area contributed by atoms with Gasteiger partial charge in [-0.1, -0.05) is 0 Å². The van der Waals surface area contributed by atoms with E-state index in [1.54, 1.807) is 18.6 Å². The Morgan fingerprint density at radius 2 is 2.03 bits per heavy atom. The number of aryl methyl sites for hydroxylation is 1. The molecule has 33 heavy (non-hydrogen) atoms. The van der Waals surface area contributed by atoms with Crippen molar-refractivity contribution in [3.63, 3.8) is 0 Å². The van der Waals surface area contributed by atoms with Gasteiger partial charge in [0.15, 0.2) is 11.6 Å². The monoisotopic (exact) mass is 440 g/mol. The van der Waals surface area contributed by atoms with E-state index in [1.165, 1.54) is 6.42 Å². The molecule has 5 aromatic heterocycles. The smallest absolute Gasteiger partial charge is 0.165 e. The predicted molar refractivity (Wildman–Crippen MR) is 127 cm³/mol. The van der Waals surface area contributed by atoms with Gasteiger partial charge >= 0.3 is 0 Å². The van der Waals surface area contributed by atoms with Crippen LogP contribution in [0.25, 0.3) is 27.7 Å². The summed E-state index contributed by atoms with van der Waals surface area (Å²) in [7, 11) is 4.07. The second-order valence-electron chi connectivity index (χ2n) is 8.42. The van der Waals surface area contributed by atoms with Crippen LogP contribution in [-0.4, -0.2) is 60.5 Å². The third-order valence-electron chi connectivity index (χ3n) is 6.26. The summed E-state index contributed by atoms with van der Waals surface area (Å²) in [5, 5.41) is 13.4. The van der Waals surface area contributed by atoms with E-state index in [4.69, 9.17) is 4.74 Å². The standard InChI is InChI=1S/C24H24N8O/c1-30-9-7-18(30)15-33-21-14-26-31(2)24(21)16-6-10-32-19(11-16)12-23(29-32)28-22-4-3-17-13-25-8-5-20(17)27-22/h3-6,8,10-14,18H,7,9,15H2,1-2H3,(H,27,28,29)/t18-/m1/s1. The van der Waals surface area contributed by atoms with E-state index >= 15 is 0 Å². The number of aromatic nitrogens is 6. The Labute approximate surface area is 190 Å². The Balaban J connectivity index is 1.26. The molecular formula is C24H24N8O. The minimum absolute atomic E-state index is 0.476. The Hall–Kier alpha value is -3.98. The van der Waals surface area contributed by atoms with E-state index in [-0.39, 0.29) is 0 Å². The minimum atomic E-state index is 0.476. The lowest BCUT2D eigenvalue weighted by Crippen LogP contribution is -2.48. The molecule has 1 N–H and O–H groups in total. The molecule has 0 bridgehead atoms. The van der Waals surface area contributed by atoms with Crippen LogP contribution in [0.4, 0.5) is 11.6 Å². The van der Waals surface area contributed by atoms with Crippen molar-refractivity contribution in [3.8, 4) is 17.0 Å². The van der Waals surface area contributed by atoms with Gasteiger partial charge in [0.1, 0.15) is 18.1 Å². The van der Waals surface area contributed by atoms with Gasteiger partial charge in [0, 0.05) is 48.7 Å². The highest BCUT2D eigenvalue weighted by atomic mass is 16.5. The fourth-order valence-corrected chi connectivity index (χ4v) is 4.19. The molecule has 0 spiro atoms. The third-order valence-corrected chi connectivity index (χ3v) is 6.26. The molecule has 166 valence electrons. The summed E-state index contributed by atoms with van der Waals surface area (Å²) < 4.78 is 9.85. The fourth-order valence-electron chi connectivity index (χ4n) is 4.19. The van der Waals surface area contributed by atoms with Crippen LogP contribution in [0.1, 0.15) is 6.42 Å². The van der Waals surface area contributed by atoms with Crippen LogP contribution in [0.3, 0.4) is 0 Å². The molecule has 6 heterocycles. The van der Waals surface area contributed by atoms with Crippen LogP contribution in [0.2, 0.25) is 0 Å². The van der Waals surface area contributed by atoms with Gasteiger partial charge in [0.2, 0.25) is 0 Å². The van der Waals surface area contributed by atoms with Crippen molar-refractivity contribution >= 4 is 28.1 Å². The van der Waals surface area contributed by atoms with Gasteiger partial charge in [0.05, 0.1) is 17.2 Å². The van der Waals surface area contributed by atoms with E-state index in [0.717, 1.165) is 51.6 Å². The molecule has 1 aliphatic rings. The summed E-state index contributed by atoms with van der Waals surface area (Å²) in [5.74, 6) is 2.26. The molecule has 1 fully saturated rings. The van der Waals surface area contributed by atoms with Gasteiger partial charge in [0.25, 0.3) is 0 Å². The molecule has 9 nitrogen and oxygen atoms in total. The number of fused-ring (bicyclic) bond motifs is 2. The fraction of sp³-hybridized carbons (Fsp3) is 0.250. The molecule has 6 rings (SSSR count). The third kappa shape index (κ3) is 3.66. The van der Waals surface area contributed by atoms with Crippen LogP contribution >= 0.6 is 0 Å². The van der Waals surface area contributed by atoms with Gasteiger partial charge in [-0.25, -0.2) is 9.50 Å². The highest BCUT2D eigenvalue weighted by molar-refractivity contribution is 5.80. The number of pyridine rings is 3. The van der Waals surface area contributed by atoms with Crippen molar-refractivity contribution < 1.29 is 4.74 Å². The number of ether oxygens (including phenoxy) is 1. The van der Waals surface area contributed by atoms with Crippen molar-refractivity contribution in [3.05, 3.63) is 61.2 Å². The molecule has 5 aromatic rings. The van der Waals surface area contributed by atoms with Crippen LogP contribution in [0.15, 0.2) is 61.2 Å². The summed E-state index contributed by atoms with van der Waals surface area (Å²) in [5.41, 5.74) is 3.84. The second-order valence-corrected chi connectivity index (χ2v) is 8.42. The zero-order valence-electron chi connectivity index (χ0n) is 18.5. The lowest BCUT2D eigenvalue weighted by Gasteiger charge is -2.37. The minimum Gasteiger partial charge on any atom is -0.488 e. The zero-order chi connectivity index (χ0) is 22.4. The highest BCUT2D eigenvalue weighted by Crippen LogP contribution is 2.31. The molecular weight excluding hydrogens is 416 g/mol. The van der Waals surface area contributed by atoms with Crippen molar-refractivity contribution in [2.45, 2.75) is 12.5 Å². The quantitative estimate of drug-likeness (QED) is 0.432. The summed E-state index contributed by atoms with van der Waals surface area (Å²) in [4.78, 5) is 11.1. The number of nitrogens with zero attached hydrogens (tertiary/aromatic N) is 7. The molecule has 9 heteroatoms. The average molecular weight is 441 g/mol. The Bertz CT molecular complexity index is 1460. The first-order chi connectivity index (χ1) is 16.1. The SMILES string of the molecule is CN1CC[C@@H]1COc1cnn(C)c1-c1ccn2nc(Nc3ccc4cnccc4n3)cc2c1. The molecule has 1 aliphatic heterocycles. The van der Waals surface area contributed by atoms with E-state index in [0.29, 0.717) is 12.6 Å². The van der Waals surface area contributed by atoms with E-state index in [2.05, 4.69) is 43.5 Å². The Morgan fingerprint density at radius 1 is 1.09 bits per heavy atom. The maximum Gasteiger partial charge on any atom is 0.165 e. The predicted octanol–water partition coefficient (Wildman–Crippen LogP) is 3.50. The first-order valence-corrected chi connectivity index (χ1v) is 11.0. The van der Waals surface area contributed by atoms with E-state index < -0.39 is 0 Å².